The maximum atomic E-state index is 9.40. The molecule has 0 aromatic heterocycles. The molecule has 0 aliphatic heterocycles. The van der Waals surface area contributed by atoms with E-state index in [0.29, 0.717) is 11.1 Å². The number of benzene rings is 6. The molecule has 0 fully saturated rings. The normalized spacial score (nSPS) is 19.2. The molecule has 0 radical (unpaired) electrons. The van der Waals surface area contributed by atoms with Crippen LogP contribution in [0.4, 0.5) is 17.1 Å². The highest BCUT2D eigenvalue weighted by molar-refractivity contribution is 5.95. The zero-order chi connectivity index (χ0) is 42.8. The number of rotatable bonds is 5. The van der Waals surface area contributed by atoms with Crippen molar-refractivity contribution in [1.29, 1.82) is 0 Å². The molecule has 0 unspecified atom stereocenters. The number of fused-ring (bicyclic) bond motifs is 3. The van der Waals surface area contributed by atoms with E-state index in [2.05, 4.69) is 0 Å². The van der Waals surface area contributed by atoms with Gasteiger partial charge in [-0.2, -0.15) is 0 Å². The van der Waals surface area contributed by atoms with Crippen LogP contribution in [0, 0.1) is 0 Å². The fourth-order valence-electron chi connectivity index (χ4n) is 5.11. The lowest BCUT2D eigenvalue weighted by Crippen LogP contribution is -2.16. The molecule has 0 bridgehead atoms. The van der Waals surface area contributed by atoms with Crippen molar-refractivity contribution in [3.8, 4) is 33.4 Å². The van der Waals surface area contributed by atoms with E-state index in [1.54, 1.807) is 18.2 Å². The summed E-state index contributed by atoms with van der Waals surface area (Å²) in [4.78, 5) is 1.08. The molecule has 1 nitrogen and oxygen atoms in total. The first kappa shape index (κ1) is 11.7. The Labute approximate surface area is 262 Å². The average molecular weight is 532 g/mol. The molecule has 0 amide bonds. The maximum Gasteiger partial charge on any atom is 0.0645 e. The first-order valence-corrected chi connectivity index (χ1v) is 12.5. The summed E-state index contributed by atoms with van der Waals surface area (Å²) < 4.78 is 157. The summed E-state index contributed by atoms with van der Waals surface area (Å²) in [5.41, 5.74) is -1.15. The van der Waals surface area contributed by atoms with E-state index in [1.807, 2.05) is 38.1 Å². The minimum atomic E-state index is -0.821. The van der Waals surface area contributed by atoms with Crippen LogP contribution in [0.1, 0.15) is 49.6 Å². The summed E-state index contributed by atoms with van der Waals surface area (Å²) in [6.45, 7) is 3.95. The largest absolute Gasteiger partial charge is 0.310 e. The fraction of sp³-hybridized carbons (Fsp3) is 0.0769. The second-order valence-corrected chi connectivity index (χ2v) is 9.65. The average Bonchev–Trinajstić information content (AvgIpc) is 3.44. The van der Waals surface area contributed by atoms with Gasteiger partial charge in [-0.05, 0) is 69.2 Å². The molecule has 0 heterocycles. The van der Waals surface area contributed by atoms with Gasteiger partial charge in [-0.1, -0.05) is 135 Å². The SMILES string of the molecule is [2H]c1c([2H])c([2H])c(-c2c([2H])c([2H])c(N(c3cccc4c3-c3ccccc3C4(C)C)c3c([2H])c([2H])c(-c4c([2H])c([2H])c([2H])c([2H])c4[2H])c([2H])c3[2H])c([2H])c2[2H])c([2H])c1[2H]. The smallest absolute Gasteiger partial charge is 0.0645 e. The Balaban J connectivity index is 1.64. The summed E-state index contributed by atoms with van der Waals surface area (Å²) in [5.74, 6) is 0. The van der Waals surface area contributed by atoms with Crippen molar-refractivity contribution < 1.29 is 24.7 Å². The molecule has 192 valence electrons. The molecule has 1 heteroatoms. The van der Waals surface area contributed by atoms with E-state index in [9.17, 15) is 11.0 Å². The van der Waals surface area contributed by atoms with E-state index in [1.165, 1.54) is 0 Å². The van der Waals surface area contributed by atoms with Gasteiger partial charge in [-0.15, -0.1) is 0 Å². The van der Waals surface area contributed by atoms with Crippen LogP contribution in [-0.4, -0.2) is 0 Å². The highest BCUT2D eigenvalue weighted by Crippen LogP contribution is 2.54. The zero-order valence-corrected chi connectivity index (χ0v) is 21.5. The lowest BCUT2D eigenvalue weighted by Gasteiger charge is -2.29. The molecule has 1 aliphatic carbocycles. The van der Waals surface area contributed by atoms with Crippen molar-refractivity contribution in [3.05, 3.63) is 162 Å². The van der Waals surface area contributed by atoms with Gasteiger partial charge < -0.3 is 4.90 Å². The van der Waals surface area contributed by atoms with Crippen LogP contribution in [0.5, 0.6) is 0 Å². The van der Waals surface area contributed by atoms with Gasteiger partial charge >= 0.3 is 0 Å². The monoisotopic (exact) mass is 531 g/mol. The van der Waals surface area contributed by atoms with Gasteiger partial charge in [-0.25, -0.2) is 0 Å². The molecule has 40 heavy (non-hydrogen) atoms. The van der Waals surface area contributed by atoms with Crippen molar-refractivity contribution in [3.63, 3.8) is 0 Å². The highest BCUT2D eigenvalue weighted by atomic mass is 15.1. The Morgan fingerprint density at radius 1 is 0.500 bits per heavy atom. The Bertz CT molecular complexity index is 2560. The Morgan fingerprint density at radius 3 is 1.52 bits per heavy atom. The summed E-state index contributed by atoms with van der Waals surface area (Å²) in [5, 5.41) is 0. The highest BCUT2D eigenvalue weighted by Gasteiger charge is 2.37. The van der Waals surface area contributed by atoms with Crippen LogP contribution in [0.15, 0.2) is 151 Å². The van der Waals surface area contributed by atoms with Crippen molar-refractivity contribution in [2.24, 2.45) is 0 Å². The molecule has 6 aromatic carbocycles. The standard InChI is InChI=1S/C39H31N/c1-39(2)35-17-10-9-16-34(35)38-36(39)18-11-19-37(38)40(32-24-20-30(21-25-32)28-12-5-3-6-13-28)33-26-22-31(23-27-33)29-14-7-4-8-15-29/h3-27H,1-2H3/i3D,4D,5D,6D,7D,8D,12D,13D,14D,15D,20D,21D,22D,23D,24D,25D,26D,27D. The molecule has 6 aromatic rings. The first-order chi connectivity index (χ1) is 27.1. The topological polar surface area (TPSA) is 3.24 Å². The van der Waals surface area contributed by atoms with E-state index in [0.717, 1.165) is 16.0 Å². The van der Waals surface area contributed by atoms with Gasteiger partial charge in [0.1, 0.15) is 0 Å². The summed E-state index contributed by atoms with van der Waals surface area (Å²) >= 11 is 0. The molecule has 7 rings (SSSR count). The van der Waals surface area contributed by atoms with Crippen LogP contribution in [0.2, 0.25) is 0 Å². The van der Waals surface area contributed by atoms with Crippen LogP contribution in [0.25, 0.3) is 33.4 Å². The van der Waals surface area contributed by atoms with Gasteiger partial charge in [-0.3, -0.25) is 0 Å². The summed E-state index contributed by atoms with van der Waals surface area (Å²) in [6, 6.07) is -1.62. The third-order valence-electron chi connectivity index (χ3n) is 7.00. The predicted octanol–water partition coefficient (Wildman–Crippen LogP) is 10.8. The molecule has 1 aliphatic rings. The molecular formula is C39H31N. The third kappa shape index (κ3) is 4.03. The predicted molar refractivity (Wildman–Crippen MR) is 170 cm³/mol. The zero-order valence-electron chi connectivity index (χ0n) is 39.5. The van der Waals surface area contributed by atoms with Crippen molar-refractivity contribution >= 4 is 17.1 Å². The van der Waals surface area contributed by atoms with Crippen LogP contribution < -0.4 is 4.90 Å². The maximum absolute atomic E-state index is 9.40. The van der Waals surface area contributed by atoms with Crippen molar-refractivity contribution in [1.82, 2.24) is 0 Å². The van der Waals surface area contributed by atoms with Gasteiger partial charge in [0.15, 0.2) is 0 Å². The van der Waals surface area contributed by atoms with E-state index < -0.39 is 148 Å². The van der Waals surface area contributed by atoms with Crippen LogP contribution >= 0.6 is 0 Å². The number of nitrogens with zero attached hydrogens (tertiary/aromatic N) is 1. The lowest BCUT2D eigenvalue weighted by molar-refractivity contribution is 0.660. The minimum Gasteiger partial charge on any atom is -0.310 e. The van der Waals surface area contributed by atoms with Gasteiger partial charge in [0.05, 0.1) is 30.4 Å². The van der Waals surface area contributed by atoms with Crippen molar-refractivity contribution in [2.75, 3.05) is 4.90 Å². The Kier molecular flexibility index (Phi) is 2.84. The van der Waals surface area contributed by atoms with Gasteiger partial charge in [0.25, 0.3) is 0 Å². The van der Waals surface area contributed by atoms with Gasteiger partial charge in [0, 0.05) is 22.4 Å². The van der Waals surface area contributed by atoms with Crippen LogP contribution in [0.3, 0.4) is 0 Å². The van der Waals surface area contributed by atoms with Crippen LogP contribution in [-0.2, 0) is 5.41 Å². The Morgan fingerprint density at radius 2 is 0.975 bits per heavy atom. The Hall–Kier alpha value is -4.88. The first-order valence-electron chi connectivity index (χ1n) is 21.5. The third-order valence-corrected chi connectivity index (χ3v) is 7.00. The van der Waals surface area contributed by atoms with E-state index >= 15 is 0 Å². The number of hydrogen-bond acceptors (Lipinski definition) is 1. The molecule has 0 saturated heterocycles. The van der Waals surface area contributed by atoms with Crippen molar-refractivity contribution in [2.45, 2.75) is 19.3 Å². The van der Waals surface area contributed by atoms with E-state index in [4.69, 9.17) is 13.7 Å². The number of anilines is 3. The minimum absolute atomic E-state index is 0.128. The molecular weight excluding hydrogens is 482 g/mol. The van der Waals surface area contributed by atoms with E-state index in [-0.39, 0.29) is 5.69 Å². The quantitative estimate of drug-likeness (QED) is 0.214. The second kappa shape index (κ2) is 9.70. The second-order valence-electron chi connectivity index (χ2n) is 9.65. The molecule has 0 spiro atoms. The summed E-state index contributed by atoms with van der Waals surface area (Å²) in [6.07, 6.45) is 0. The summed E-state index contributed by atoms with van der Waals surface area (Å²) in [7, 11) is 0. The molecule has 0 N–H and O–H groups in total. The molecule has 0 atom stereocenters. The van der Waals surface area contributed by atoms with Gasteiger partial charge in [0.2, 0.25) is 0 Å². The fourth-order valence-corrected chi connectivity index (χ4v) is 5.11. The molecule has 0 saturated carbocycles. The lowest BCUT2D eigenvalue weighted by atomic mass is 9.82. The number of hydrogen-bond donors (Lipinski definition) is 0.